The maximum absolute atomic E-state index is 12.3. The molecule has 0 bridgehead atoms. The van der Waals surface area contributed by atoms with Crippen LogP contribution in [0.2, 0.25) is 5.02 Å². The summed E-state index contributed by atoms with van der Waals surface area (Å²) in [6, 6.07) is 5.45. The van der Waals surface area contributed by atoms with E-state index in [2.05, 4.69) is 22.6 Å². The van der Waals surface area contributed by atoms with Crippen LogP contribution in [0.5, 0.6) is 0 Å². The van der Waals surface area contributed by atoms with Gasteiger partial charge in [0.2, 0.25) is 0 Å². The van der Waals surface area contributed by atoms with Gasteiger partial charge in [-0.2, -0.15) is 0 Å². The lowest BCUT2D eigenvalue weighted by atomic mass is 9.99. The molecule has 1 saturated heterocycles. The molecule has 0 spiro atoms. The number of carbonyl (C=O) groups excluding carboxylic acids is 1. The summed E-state index contributed by atoms with van der Waals surface area (Å²) in [4.78, 5) is 14.2. The van der Waals surface area contributed by atoms with Gasteiger partial charge < -0.3 is 4.90 Å². The Hall–Kier alpha value is -0.000000000000000167. The average molecular weight is 398 g/mol. The van der Waals surface area contributed by atoms with Gasteiger partial charge in [0.25, 0.3) is 5.91 Å². The number of likely N-dealkylation sites (tertiary alicyclic amines) is 1. The number of alkyl halides is 1. The minimum Gasteiger partial charge on any atom is -0.338 e. The van der Waals surface area contributed by atoms with Crippen LogP contribution >= 0.6 is 45.8 Å². The Morgan fingerprint density at radius 2 is 2.28 bits per heavy atom. The van der Waals surface area contributed by atoms with Crippen LogP contribution in [0, 0.1) is 9.49 Å². The van der Waals surface area contributed by atoms with Gasteiger partial charge in [0, 0.05) is 28.1 Å². The molecule has 1 aromatic rings. The summed E-state index contributed by atoms with van der Waals surface area (Å²) < 4.78 is 0.961. The summed E-state index contributed by atoms with van der Waals surface area (Å²) in [5.41, 5.74) is 0.663. The highest BCUT2D eigenvalue weighted by Gasteiger charge is 2.24. The van der Waals surface area contributed by atoms with Crippen molar-refractivity contribution in [2.24, 2.45) is 5.92 Å². The molecule has 2 nitrogen and oxygen atoms in total. The molecule has 1 unspecified atom stereocenters. The van der Waals surface area contributed by atoms with E-state index in [4.69, 9.17) is 23.2 Å². The number of piperidine rings is 1. The van der Waals surface area contributed by atoms with Crippen molar-refractivity contribution in [3.05, 3.63) is 32.4 Å². The van der Waals surface area contributed by atoms with Crippen molar-refractivity contribution in [3.8, 4) is 0 Å². The Morgan fingerprint density at radius 3 is 2.94 bits per heavy atom. The molecular formula is C13H14Cl2INO. The van der Waals surface area contributed by atoms with Crippen molar-refractivity contribution in [2.75, 3.05) is 19.0 Å². The standard InChI is InChI=1S/C13H14Cl2INO/c14-7-9-2-1-5-17(8-9)13(18)10-3-4-12(16)11(15)6-10/h3-4,6,9H,1-2,5,7-8H2. The lowest BCUT2D eigenvalue weighted by Gasteiger charge is -2.32. The van der Waals surface area contributed by atoms with Gasteiger partial charge in [-0.1, -0.05) is 11.6 Å². The van der Waals surface area contributed by atoms with Gasteiger partial charge in [0.1, 0.15) is 0 Å². The zero-order valence-electron chi connectivity index (χ0n) is 9.83. The summed E-state index contributed by atoms with van der Waals surface area (Å²) in [7, 11) is 0. The molecule has 1 aliphatic heterocycles. The fourth-order valence-electron chi connectivity index (χ4n) is 2.19. The zero-order valence-corrected chi connectivity index (χ0v) is 13.5. The number of amides is 1. The van der Waals surface area contributed by atoms with Crippen LogP contribution in [0.1, 0.15) is 23.2 Å². The second-order valence-corrected chi connectivity index (χ2v) is 6.42. The highest BCUT2D eigenvalue weighted by Crippen LogP contribution is 2.23. The average Bonchev–Trinajstić information content (AvgIpc) is 2.41. The topological polar surface area (TPSA) is 20.3 Å². The first-order chi connectivity index (χ1) is 8.61. The van der Waals surface area contributed by atoms with Crippen LogP contribution in [0.3, 0.4) is 0 Å². The van der Waals surface area contributed by atoms with Crippen molar-refractivity contribution in [1.82, 2.24) is 4.90 Å². The number of carbonyl (C=O) groups is 1. The number of benzene rings is 1. The molecule has 1 heterocycles. The van der Waals surface area contributed by atoms with E-state index in [1.165, 1.54) is 0 Å². The summed E-state index contributed by atoms with van der Waals surface area (Å²) in [5.74, 6) is 1.10. The second-order valence-electron chi connectivity index (χ2n) is 4.54. The predicted octanol–water partition coefficient (Wildman–Crippen LogP) is 4.04. The van der Waals surface area contributed by atoms with E-state index >= 15 is 0 Å². The lowest BCUT2D eigenvalue weighted by Crippen LogP contribution is -2.40. The van der Waals surface area contributed by atoms with E-state index in [0.717, 1.165) is 29.5 Å². The summed E-state index contributed by atoms with van der Waals surface area (Å²) >= 11 is 14.1. The van der Waals surface area contributed by atoms with Gasteiger partial charge in [-0.05, 0) is 59.5 Å². The third-order valence-corrected chi connectivity index (χ3v) is 5.20. The van der Waals surface area contributed by atoms with Crippen LogP contribution in [0.25, 0.3) is 0 Å². The number of hydrogen-bond acceptors (Lipinski definition) is 1. The molecular weight excluding hydrogens is 384 g/mol. The molecule has 0 aliphatic carbocycles. The third-order valence-electron chi connectivity index (χ3n) is 3.19. The van der Waals surface area contributed by atoms with Crippen molar-refractivity contribution in [3.63, 3.8) is 0 Å². The van der Waals surface area contributed by atoms with E-state index in [9.17, 15) is 4.79 Å². The van der Waals surface area contributed by atoms with Gasteiger partial charge in [-0.3, -0.25) is 4.79 Å². The monoisotopic (exact) mass is 397 g/mol. The molecule has 0 aromatic heterocycles. The first kappa shape index (κ1) is 14.4. The lowest BCUT2D eigenvalue weighted by molar-refractivity contribution is 0.0685. The Morgan fingerprint density at radius 1 is 1.50 bits per heavy atom. The number of nitrogens with zero attached hydrogens (tertiary/aromatic N) is 1. The third kappa shape index (κ3) is 3.31. The molecule has 1 fully saturated rings. The fourth-order valence-corrected chi connectivity index (χ4v) is 2.96. The maximum Gasteiger partial charge on any atom is 0.253 e. The van der Waals surface area contributed by atoms with Crippen LogP contribution < -0.4 is 0 Å². The first-order valence-electron chi connectivity index (χ1n) is 5.92. The second kappa shape index (κ2) is 6.44. The van der Waals surface area contributed by atoms with Crippen molar-refractivity contribution in [2.45, 2.75) is 12.8 Å². The van der Waals surface area contributed by atoms with Crippen LogP contribution in [-0.2, 0) is 0 Å². The molecule has 1 amide bonds. The maximum atomic E-state index is 12.3. The minimum atomic E-state index is 0.0584. The minimum absolute atomic E-state index is 0.0584. The van der Waals surface area contributed by atoms with Gasteiger partial charge in [-0.25, -0.2) is 0 Å². The van der Waals surface area contributed by atoms with E-state index in [0.29, 0.717) is 22.4 Å². The molecule has 18 heavy (non-hydrogen) atoms. The van der Waals surface area contributed by atoms with Crippen LogP contribution in [-0.4, -0.2) is 29.8 Å². The molecule has 2 rings (SSSR count). The van der Waals surface area contributed by atoms with E-state index in [-0.39, 0.29) is 5.91 Å². The largest absolute Gasteiger partial charge is 0.338 e. The molecule has 0 radical (unpaired) electrons. The van der Waals surface area contributed by atoms with Gasteiger partial charge in [0.05, 0.1) is 5.02 Å². The number of halogens is 3. The normalized spacial score (nSPS) is 19.9. The fraction of sp³-hybridized carbons (Fsp3) is 0.462. The molecule has 5 heteroatoms. The van der Waals surface area contributed by atoms with Crippen LogP contribution in [0.4, 0.5) is 0 Å². The number of rotatable bonds is 2. The van der Waals surface area contributed by atoms with E-state index in [1.54, 1.807) is 6.07 Å². The number of hydrogen-bond donors (Lipinski definition) is 0. The Kier molecular flexibility index (Phi) is 5.15. The molecule has 1 aromatic carbocycles. The van der Waals surface area contributed by atoms with Gasteiger partial charge in [-0.15, -0.1) is 11.6 Å². The summed E-state index contributed by atoms with van der Waals surface area (Å²) in [6.45, 7) is 1.57. The zero-order chi connectivity index (χ0) is 13.1. The van der Waals surface area contributed by atoms with Gasteiger partial charge >= 0.3 is 0 Å². The Labute approximate surface area is 131 Å². The van der Waals surface area contributed by atoms with Crippen molar-refractivity contribution < 1.29 is 4.79 Å². The van der Waals surface area contributed by atoms with E-state index < -0.39 is 0 Å². The van der Waals surface area contributed by atoms with Crippen LogP contribution in [0.15, 0.2) is 18.2 Å². The molecule has 0 saturated carbocycles. The molecule has 0 N–H and O–H groups in total. The van der Waals surface area contributed by atoms with Gasteiger partial charge in [0.15, 0.2) is 0 Å². The highest BCUT2D eigenvalue weighted by molar-refractivity contribution is 14.1. The quantitative estimate of drug-likeness (QED) is 0.544. The smallest absolute Gasteiger partial charge is 0.253 e. The SMILES string of the molecule is O=C(c1ccc(I)c(Cl)c1)N1CCCC(CCl)C1. The van der Waals surface area contributed by atoms with Crippen molar-refractivity contribution >= 4 is 51.7 Å². The highest BCUT2D eigenvalue weighted by atomic mass is 127. The first-order valence-corrected chi connectivity index (χ1v) is 7.91. The molecule has 1 aliphatic rings. The Bertz CT molecular complexity index is 453. The predicted molar refractivity (Wildman–Crippen MR) is 83.5 cm³/mol. The summed E-state index contributed by atoms with van der Waals surface area (Å²) in [5, 5.41) is 0.632. The molecule has 98 valence electrons. The molecule has 1 atom stereocenters. The van der Waals surface area contributed by atoms with E-state index in [1.807, 2.05) is 17.0 Å². The van der Waals surface area contributed by atoms with Crippen molar-refractivity contribution in [1.29, 1.82) is 0 Å². The summed E-state index contributed by atoms with van der Waals surface area (Å²) in [6.07, 6.45) is 2.14. The Balaban J connectivity index is 2.12.